The number of halogens is 1. The van der Waals surface area contributed by atoms with E-state index in [-0.39, 0.29) is 6.10 Å². The highest BCUT2D eigenvalue weighted by Crippen LogP contribution is 2.22. The molecule has 0 aliphatic rings. The molecule has 0 saturated heterocycles. The van der Waals surface area contributed by atoms with E-state index in [9.17, 15) is 5.11 Å². The van der Waals surface area contributed by atoms with E-state index in [1.807, 2.05) is 24.3 Å². The van der Waals surface area contributed by atoms with Crippen LogP contribution in [0.25, 0.3) is 10.9 Å². The van der Waals surface area contributed by atoms with Crippen molar-refractivity contribution in [2.45, 2.75) is 32.9 Å². The summed E-state index contributed by atoms with van der Waals surface area (Å²) in [5.74, 6) is 0.500. The molecule has 2 N–H and O–H groups in total. The summed E-state index contributed by atoms with van der Waals surface area (Å²) in [4.78, 5) is 4.41. The third-order valence-electron chi connectivity index (χ3n) is 3.19. The van der Waals surface area contributed by atoms with E-state index in [0.717, 1.165) is 22.9 Å². The van der Waals surface area contributed by atoms with Crippen molar-refractivity contribution in [2.24, 2.45) is 5.92 Å². The summed E-state index contributed by atoms with van der Waals surface area (Å²) in [5, 5.41) is 14.9. The molecular weight excluding hydrogens is 272 g/mol. The third-order valence-corrected chi connectivity index (χ3v) is 3.41. The van der Waals surface area contributed by atoms with Gasteiger partial charge in [0.05, 0.1) is 11.6 Å². The monoisotopic (exact) mass is 292 g/mol. The summed E-state index contributed by atoms with van der Waals surface area (Å²) in [7, 11) is 0. The molecule has 0 fully saturated rings. The summed E-state index contributed by atoms with van der Waals surface area (Å²) in [6, 6.07) is 7.76. The smallest absolute Gasteiger partial charge is 0.0747 e. The zero-order valence-corrected chi connectivity index (χ0v) is 12.7. The summed E-state index contributed by atoms with van der Waals surface area (Å²) >= 11 is 6.13. The highest BCUT2D eigenvalue weighted by Gasteiger charge is 2.08. The molecule has 4 heteroatoms. The Morgan fingerprint density at radius 3 is 2.90 bits per heavy atom. The van der Waals surface area contributed by atoms with E-state index in [0.29, 0.717) is 24.0 Å². The molecular formula is C16H21ClN2O. The summed E-state index contributed by atoms with van der Waals surface area (Å²) in [6.45, 7) is 5.46. The van der Waals surface area contributed by atoms with Crippen LogP contribution in [0.4, 0.5) is 0 Å². The minimum Gasteiger partial charge on any atom is -0.392 e. The fourth-order valence-corrected chi connectivity index (χ4v) is 2.61. The number of benzene rings is 1. The van der Waals surface area contributed by atoms with E-state index >= 15 is 0 Å². The largest absolute Gasteiger partial charge is 0.392 e. The van der Waals surface area contributed by atoms with Crippen molar-refractivity contribution >= 4 is 22.5 Å². The van der Waals surface area contributed by atoms with Crippen LogP contribution in [-0.2, 0) is 6.54 Å². The Hall–Kier alpha value is -1.16. The Morgan fingerprint density at radius 1 is 1.35 bits per heavy atom. The molecule has 1 aromatic carbocycles. The molecule has 2 aromatic rings. The molecule has 108 valence electrons. The van der Waals surface area contributed by atoms with Gasteiger partial charge in [-0.05, 0) is 36.1 Å². The van der Waals surface area contributed by atoms with Gasteiger partial charge in [-0.3, -0.25) is 4.98 Å². The molecule has 20 heavy (non-hydrogen) atoms. The number of aliphatic hydroxyl groups is 1. The van der Waals surface area contributed by atoms with E-state index in [4.69, 9.17) is 11.6 Å². The van der Waals surface area contributed by atoms with Crippen LogP contribution in [0.2, 0.25) is 5.02 Å². The summed E-state index contributed by atoms with van der Waals surface area (Å²) < 4.78 is 0. The van der Waals surface area contributed by atoms with Crippen LogP contribution in [0.15, 0.2) is 30.5 Å². The zero-order valence-electron chi connectivity index (χ0n) is 11.9. The Bertz CT molecular complexity index is 571. The van der Waals surface area contributed by atoms with Crippen molar-refractivity contribution in [3.63, 3.8) is 0 Å². The first-order valence-electron chi connectivity index (χ1n) is 6.98. The van der Waals surface area contributed by atoms with Crippen LogP contribution in [0.1, 0.15) is 25.8 Å². The fraction of sp³-hybridized carbons (Fsp3) is 0.438. The molecule has 1 unspecified atom stereocenters. The van der Waals surface area contributed by atoms with Gasteiger partial charge in [0.1, 0.15) is 0 Å². The second-order valence-corrected chi connectivity index (χ2v) is 5.99. The average Bonchev–Trinajstić information content (AvgIpc) is 2.37. The molecule has 2 rings (SSSR count). The number of fused-ring (bicyclic) bond motifs is 1. The standard InChI is InChI=1S/C16H21ClN2O/c1-11(2)6-15(20)10-18-9-13-8-14(17)7-12-4-3-5-19-16(12)13/h3-5,7-8,11,15,18,20H,6,9-10H2,1-2H3. The van der Waals surface area contributed by atoms with Crippen molar-refractivity contribution in [1.29, 1.82) is 0 Å². The number of hydrogen-bond donors (Lipinski definition) is 2. The van der Waals surface area contributed by atoms with Gasteiger partial charge in [-0.15, -0.1) is 0 Å². The number of pyridine rings is 1. The molecule has 0 amide bonds. The molecule has 1 aromatic heterocycles. The van der Waals surface area contributed by atoms with Gasteiger partial charge in [-0.25, -0.2) is 0 Å². The minimum atomic E-state index is -0.312. The highest BCUT2D eigenvalue weighted by atomic mass is 35.5. The molecule has 0 aliphatic carbocycles. The van der Waals surface area contributed by atoms with Crippen LogP contribution >= 0.6 is 11.6 Å². The number of nitrogens with one attached hydrogen (secondary N) is 1. The quantitative estimate of drug-likeness (QED) is 0.858. The molecule has 0 saturated carbocycles. The number of rotatable bonds is 6. The molecule has 1 heterocycles. The maximum atomic E-state index is 9.86. The number of nitrogens with zero attached hydrogens (tertiary/aromatic N) is 1. The lowest BCUT2D eigenvalue weighted by Crippen LogP contribution is -2.27. The SMILES string of the molecule is CC(C)CC(O)CNCc1cc(Cl)cc2cccnc12. The van der Waals surface area contributed by atoms with Crippen LogP contribution < -0.4 is 5.32 Å². The second-order valence-electron chi connectivity index (χ2n) is 5.55. The molecule has 0 radical (unpaired) electrons. The first-order chi connectivity index (χ1) is 9.56. The average molecular weight is 293 g/mol. The maximum absolute atomic E-state index is 9.86. The van der Waals surface area contributed by atoms with Gasteiger partial charge in [-0.2, -0.15) is 0 Å². The van der Waals surface area contributed by atoms with Crippen molar-refractivity contribution in [3.05, 3.63) is 41.0 Å². The van der Waals surface area contributed by atoms with Gasteiger partial charge < -0.3 is 10.4 Å². The predicted molar refractivity (Wildman–Crippen MR) is 83.9 cm³/mol. The molecule has 3 nitrogen and oxygen atoms in total. The van der Waals surface area contributed by atoms with Gasteiger partial charge in [0.25, 0.3) is 0 Å². The first-order valence-corrected chi connectivity index (χ1v) is 7.36. The Labute approximate surface area is 125 Å². The van der Waals surface area contributed by atoms with Gasteiger partial charge >= 0.3 is 0 Å². The van der Waals surface area contributed by atoms with Gasteiger partial charge in [0.15, 0.2) is 0 Å². The van der Waals surface area contributed by atoms with Gasteiger partial charge in [0.2, 0.25) is 0 Å². The van der Waals surface area contributed by atoms with Gasteiger partial charge in [0, 0.05) is 29.7 Å². The number of aliphatic hydroxyl groups excluding tert-OH is 1. The van der Waals surface area contributed by atoms with Crippen LogP contribution in [0.5, 0.6) is 0 Å². The maximum Gasteiger partial charge on any atom is 0.0747 e. The Balaban J connectivity index is 2.03. The predicted octanol–water partition coefficient (Wildman–Crippen LogP) is 3.38. The van der Waals surface area contributed by atoms with Crippen molar-refractivity contribution < 1.29 is 5.11 Å². The summed E-state index contributed by atoms with van der Waals surface area (Å²) in [5.41, 5.74) is 2.02. The van der Waals surface area contributed by atoms with Gasteiger partial charge in [-0.1, -0.05) is 31.5 Å². The van der Waals surface area contributed by atoms with E-state index in [2.05, 4.69) is 24.1 Å². The lowest BCUT2D eigenvalue weighted by Gasteiger charge is -2.14. The van der Waals surface area contributed by atoms with Crippen LogP contribution in [-0.4, -0.2) is 22.7 Å². The van der Waals surface area contributed by atoms with Crippen molar-refractivity contribution in [1.82, 2.24) is 10.3 Å². The van der Waals surface area contributed by atoms with E-state index in [1.54, 1.807) is 6.20 Å². The Kier molecular flexibility index (Phi) is 5.35. The number of hydrogen-bond acceptors (Lipinski definition) is 3. The van der Waals surface area contributed by atoms with Crippen LogP contribution in [0.3, 0.4) is 0 Å². The Morgan fingerprint density at radius 2 is 2.15 bits per heavy atom. The summed E-state index contributed by atoms with van der Waals surface area (Å²) in [6.07, 6.45) is 2.28. The second kappa shape index (κ2) is 7.02. The van der Waals surface area contributed by atoms with Crippen molar-refractivity contribution in [2.75, 3.05) is 6.54 Å². The molecule has 0 spiro atoms. The van der Waals surface area contributed by atoms with E-state index in [1.165, 1.54) is 0 Å². The number of aromatic nitrogens is 1. The lowest BCUT2D eigenvalue weighted by atomic mass is 10.1. The topological polar surface area (TPSA) is 45.1 Å². The molecule has 0 bridgehead atoms. The highest BCUT2D eigenvalue weighted by molar-refractivity contribution is 6.31. The van der Waals surface area contributed by atoms with Crippen LogP contribution in [0, 0.1) is 5.92 Å². The third kappa shape index (κ3) is 4.17. The lowest BCUT2D eigenvalue weighted by molar-refractivity contribution is 0.146. The first kappa shape index (κ1) is 15.2. The minimum absolute atomic E-state index is 0.312. The molecule has 1 atom stereocenters. The van der Waals surface area contributed by atoms with Crippen molar-refractivity contribution in [3.8, 4) is 0 Å². The molecule has 0 aliphatic heterocycles. The fourth-order valence-electron chi connectivity index (χ4n) is 2.36. The van der Waals surface area contributed by atoms with E-state index < -0.39 is 0 Å². The zero-order chi connectivity index (χ0) is 14.5. The normalized spacial score (nSPS) is 13.1.